The van der Waals surface area contributed by atoms with Gasteiger partial charge < -0.3 is 5.32 Å². The number of carbonyl (C=O) groups is 1. The highest BCUT2D eigenvalue weighted by Crippen LogP contribution is 2.19. The van der Waals surface area contributed by atoms with Crippen LogP contribution in [0.15, 0.2) is 39.9 Å². The molecule has 1 aliphatic rings. The third-order valence-corrected chi connectivity index (χ3v) is 5.47. The van der Waals surface area contributed by atoms with Crippen LogP contribution in [0.2, 0.25) is 0 Å². The average molecular weight is 372 g/mol. The van der Waals surface area contributed by atoms with Gasteiger partial charge in [-0.3, -0.25) is 14.2 Å². The third-order valence-electron chi connectivity index (χ3n) is 4.50. The van der Waals surface area contributed by atoms with Gasteiger partial charge in [-0.05, 0) is 51.2 Å². The van der Waals surface area contributed by atoms with E-state index in [2.05, 4.69) is 21.4 Å². The lowest BCUT2D eigenvalue weighted by atomic mass is 9.97. The number of hydrogen-bond donors (Lipinski definition) is 1. The van der Waals surface area contributed by atoms with Gasteiger partial charge in [0.25, 0.3) is 5.56 Å². The summed E-state index contributed by atoms with van der Waals surface area (Å²) in [5.74, 6) is 0.202. The number of thioether (sulfide) groups is 1. The van der Waals surface area contributed by atoms with E-state index in [9.17, 15) is 9.59 Å². The molecule has 3 rings (SSSR count). The van der Waals surface area contributed by atoms with Crippen molar-refractivity contribution in [3.05, 3.63) is 40.3 Å². The zero-order valence-electron chi connectivity index (χ0n) is 15.0. The molecule has 138 valence electrons. The van der Waals surface area contributed by atoms with Gasteiger partial charge in [0.2, 0.25) is 5.91 Å². The molecule has 0 aliphatic heterocycles. The van der Waals surface area contributed by atoms with Crippen LogP contribution in [0.4, 0.5) is 0 Å². The van der Waals surface area contributed by atoms with E-state index in [1.165, 1.54) is 30.2 Å². The van der Waals surface area contributed by atoms with Crippen molar-refractivity contribution in [3.8, 4) is 0 Å². The van der Waals surface area contributed by atoms with E-state index in [4.69, 9.17) is 0 Å². The second-order valence-electron chi connectivity index (χ2n) is 6.32. The molecule has 0 fully saturated rings. The number of nitrogens with zero attached hydrogens (tertiary/aromatic N) is 3. The van der Waals surface area contributed by atoms with Gasteiger partial charge in [0.15, 0.2) is 10.8 Å². The fraction of sp³-hybridized carbons (Fsp3) is 0.474. The number of carbonyl (C=O) groups excluding carboxylic acids is 1. The molecular weight excluding hydrogens is 348 g/mol. The van der Waals surface area contributed by atoms with Gasteiger partial charge in [0.1, 0.15) is 0 Å². The smallest absolute Gasteiger partial charge is 0.263 e. The lowest BCUT2D eigenvalue weighted by Crippen LogP contribution is -2.28. The van der Waals surface area contributed by atoms with Crippen molar-refractivity contribution in [2.24, 2.45) is 0 Å². The van der Waals surface area contributed by atoms with Gasteiger partial charge >= 0.3 is 0 Å². The lowest BCUT2D eigenvalue weighted by Gasteiger charge is -2.13. The minimum absolute atomic E-state index is 0.0376. The van der Waals surface area contributed by atoms with Crippen molar-refractivity contribution < 1.29 is 4.79 Å². The molecule has 1 N–H and O–H groups in total. The van der Waals surface area contributed by atoms with Crippen LogP contribution in [0.3, 0.4) is 0 Å². The predicted molar refractivity (Wildman–Crippen MR) is 104 cm³/mol. The van der Waals surface area contributed by atoms with Crippen LogP contribution in [-0.4, -0.2) is 32.7 Å². The van der Waals surface area contributed by atoms with Crippen molar-refractivity contribution in [2.75, 3.05) is 12.3 Å². The van der Waals surface area contributed by atoms with Crippen LogP contribution >= 0.6 is 11.8 Å². The first-order valence-electron chi connectivity index (χ1n) is 9.12. The van der Waals surface area contributed by atoms with Gasteiger partial charge in [-0.2, -0.15) is 0 Å². The van der Waals surface area contributed by atoms with Crippen LogP contribution in [0, 0.1) is 0 Å². The summed E-state index contributed by atoms with van der Waals surface area (Å²) in [6.07, 6.45) is 9.69. The molecule has 0 saturated carbocycles. The number of nitrogens with one attached hydrogen (secondary N) is 1. The molecule has 2 aromatic rings. The highest BCUT2D eigenvalue weighted by Gasteiger charge is 2.13. The Morgan fingerprint density at radius 3 is 3.04 bits per heavy atom. The number of rotatable bonds is 7. The Kier molecular flexibility index (Phi) is 6.44. The Labute approximate surface area is 157 Å². The number of pyridine rings is 1. The number of fused-ring (bicyclic) bond motifs is 1. The zero-order valence-corrected chi connectivity index (χ0v) is 15.8. The molecule has 0 bridgehead atoms. The third kappa shape index (κ3) is 4.52. The predicted octanol–water partition coefficient (Wildman–Crippen LogP) is 2.91. The topological polar surface area (TPSA) is 76.9 Å². The molecule has 0 aromatic carbocycles. The highest BCUT2D eigenvalue weighted by molar-refractivity contribution is 7.99. The van der Waals surface area contributed by atoms with Crippen LogP contribution < -0.4 is 10.9 Å². The highest BCUT2D eigenvalue weighted by atomic mass is 32.2. The van der Waals surface area contributed by atoms with E-state index >= 15 is 0 Å². The van der Waals surface area contributed by atoms with Crippen molar-refractivity contribution in [2.45, 2.75) is 50.7 Å². The Morgan fingerprint density at radius 1 is 1.38 bits per heavy atom. The Morgan fingerprint density at radius 2 is 2.27 bits per heavy atom. The second-order valence-corrected chi connectivity index (χ2v) is 7.26. The largest absolute Gasteiger partial charge is 0.355 e. The summed E-state index contributed by atoms with van der Waals surface area (Å²) in [4.78, 5) is 33.3. The molecule has 0 unspecified atom stereocenters. The zero-order chi connectivity index (χ0) is 18.4. The fourth-order valence-corrected chi connectivity index (χ4v) is 3.98. The summed E-state index contributed by atoms with van der Waals surface area (Å²) in [6.45, 7) is 3.07. The summed E-state index contributed by atoms with van der Waals surface area (Å²) < 4.78 is 1.59. The molecule has 0 saturated heterocycles. The first kappa shape index (κ1) is 18.6. The molecule has 0 atom stereocenters. The minimum atomic E-state index is -0.113. The van der Waals surface area contributed by atoms with E-state index in [0.29, 0.717) is 29.3 Å². The summed E-state index contributed by atoms with van der Waals surface area (Å²) in [5.41, 5.74) is 1.76. The van der Waals surface area contributed by atoms with Crippen LogP contribution in [0.25, 0.3) is 11.0 Å². The van der Waals surface area contributed by atoms with Crippen molar-refractivity contribution >= 4 is 28.7 Å². The van der Waals surface area contributed by atoms with Crippen LogP contribution in [-0.2, 0) is 11.3 Å². The van der Waals surface area contributed by atoms with Gasteiger partial charge in [-0.15, -0.1) is 0 Å². The van der Waals surface area contributed by atoms with Crippen LogP contribution in [0.5, 0.6) is 0 Å². The maximum Gasteiger partial charge on any atom is 0.263 e. The summed E-state index contributed by atoms with van der Waals surface area (Å²) in [5, 5.41) is 4.00. The Balaban J connectivity index is 1.59. The quantitative estimate of drug-likeness (QED) is 0.459. The number of aromatic nitrogens is 3. The Hall–Kier alpha value is -2.15. The molecule has 6 nitrogen and oxygen atoms in total. The summed E-state index contributed by atoms with van der Waals surface area (Å²) in [7, 11) is 0. The van der Waals surface area contributed by atoms with E-state index in [1.807, 2.05) is 6.92 Å². The maximum atomic E-state index is 12.5. The molecule has 1 amide bonds. The first-order valence-corrected chi connectivity index (χ1v) is 10.1. The number of amides is 1. The van der Waals surface area contributed by atoms with Gasteiger partial charge in [0.05, 0.1) is 11.1 Å². The standard InChI is InChI=1S/C19H24N4O2S/c1-2-23-18(25)15-9-6-11-21-17(15)22-19(23)26-13-16(24)20-12-10-14-7-4-3-5-8-14/h6-7,9,11H,2-5,8,10,12-13H2,1H3,(H,20,24). The van der Waals surface area contributed by atoms with Crippen molar-refractivity contribution in [3.63, 3.8) is 0 Å². The Bertz CT molecular complexity index is 875. The molecule has 26 heavy (non-hydrogen) atoms. The van der Waals surface area contributed by atoms with Gasteiger partial charge in [0, 0.05) is 19.3 Å². The van der Waals surface area contributed by atoms with E-state index in [0.717, 1.165) is 19.3 Å². The number of allylic oxidation sites excluding steroid dienone is 1. The van der Waals surface area contributed by atoms with Crippen LogP contribution in [0.1, 0.15) is 39.0 Å². The molecular formula is C19H24N4O2S. The van der Waals surface area contributed by atoms with E-state index in [-0.39, 0.29) is 17.2 Å². The summed E-state index contributed by atoms with van der Waals surface area (Å²) in [6, 6.07) is 3.46. The molecule has 2 heterocycles. The molecule has 2 aromatic heterocycles. The average Bonchev–Trinajstić information content (AvgIpc) is 2.67. The van der Waals surface area contributed by atoms with E-state index < -0.39 is 0 Å². The SMILES string of the molecule is CCn1c(SCC(=O)NCCC2=CCCCC2)nc2ncccc2c1=O. The molecule has 1 aliphatic carbocycles. The van der Waals surface area contributed by atoms with Crippen molar-refractivity contribution in [1.82, 2.24) is 19.9 Å². The normalized spacial score (nSPS) is 14.3. The van der Waals surface area contributed by atoms with E-state index in [1.54, 1.807) is 22.9 Å². The monoisotopic (exact) mass is 372 g/mol. The maximum absolute atomic E-state index is 12.5. The lowest BCUT2D eigenvalue weighted by molar-refractivity contribution is -0.118. The molecule has 0 spiro atoms. The molecule has 7 heteroatoms. The number of hydrogen-bond acceptors (Lipinski definition) is 5. The first-order chi connectivity index (χ1) is 12.7. The fourth-order valence-electron chi connectivity index (χ4n) is 3.10. The second kappa shape index (κ2) is 8.98. The molecule has 0 radical (unpaired) electrons. The minimum Gasteiger partial charge on any atom is -0.355 e. The van der Waals surface area contributed by atoms with Crippen molar-refractivity contribution in [1.29, 1.82) is 0 Å². The van der Waals surface area contributed by atoms with Gasteiger partial charge in [-0.1, -0.05) is 23.4 Å². The van der Waals surface area contributed by atoms with Gasteiger partial charge in [-0.25, -0.2) is 9.97 Å². The summed E-state index contributed by atoms with van der Waals surface area (Å²) >= 11 is 1.28.